The Morgan fingerprint density at radius 1 is 1.29 bits per heavy atom. The zero-order chi connectivity index (χ0) is 17.7. The number of fused-ring (bicyclic) bond motifs is 1. The van der Waals surface area contributed by atoms with Crippen LogP contribution in [0.25, 0.3) is 11.0 Å². The minimum atomic E-state index is -0.882. The highest BCUT2D eigenvalue weighted by Crippen LogP contribution is 2.23. The van der Waals surface area contributed by atoms with Crippen LogP contribution in [0.1, 0.15) is 29.8 Å². The zero-order valence-electron chi connectivity index (χ0n) is 13.2. The summed E-state index contributed by atoms with van der Waals surface area (Å²) < 4.78 is 14.5. The van der Waals surface area contributed by atoms with Gasteiger partial charge in [-0.3, -0.25) is 4.79 Å². The van der Waals surface area contributed by atoms with Gasteiger partial charge in [-0.05, 0) is 48.0 Å². The topological polar surface area (TPSA) is 84.7 Å². The fourth-order valence-corrected chi connectivity index (χ4v) is 2.26. The highest BCUT2D eigenvalue weighted by Gasteiger charge is 2.19. The first-order valence-electron chi connectivity index (χ1n) is 7.14. The van der Waals surface area contributed by atoms with E-state index in [4.69, 9.17) is 5.73 Å². The highest BCUT2D eigenvalue weighted by molar-refractivity contribution is 9.10. The molecule has 7 heteroatoms. The summed E-state index contributed by atoms with van der Waals surface area (Å²) in [4.78, 5) is 22.8. The number of H-pyrrole nitrogens is 1. The smallest absolute Gasteiger partial charge is 0.226 e. The molecule has 124 valence electrons. The molecule has 3 N–H and O–H groups in total. The molecule has 0 bridgehead atoms. The number of nitrogens with two attached hydrogens (primary N) is 1. The molecule has 0 saturated heterocycles. The molecule has 24 heavy (non-hydrogen) atoms. The number of halogens is 2. The predicted molar refractivity (Wildman–Crippen MR) is 96.3 cm³/mol. The van der Waals surface area contributed by atoms with E-state index in [0.717, 1.165) is 4.47 Å². The molecule has 5 nitrogen and oxygen atoms in total. The van der Waals surface area contributed by atoms with Gasteiger partial charge in [-0.1, -0.05) is 12.2 Å². The number of rotatable bonds is 2. The lowest BCUT2D eigenvalue weighted by Gasteiger charge is -2.02. The first kappa shape index (κ1) is 17.8. The number of aromatic nitrogens is 3. The maximum absolute atomic E-state index is 13.7. The van der Waals surface area contributed by atoms with E-state index in [1.165, 1.54) is 18.3 Å². The molecule has 0 aromatic carbocycles. The SMILES string of the molecule is C/C=C\C.Nc1ccc(C(=O)c2c[nH]c3ncc(Br)cc23)c(F)n1. The quantitative estimate of drug-likeness (QED) is 0.389. The fraction of sp³-hybridized carbons (Fsp3) is 0.118. The van der Waals surface area contributed by atoms with Crippen LogP contribution in [0.4, 0.5) is 10.2 Å². The van der Waals surface area contributed by atoms with Crippen molar-refractivity contribution >= 4 is 38.6 Å². The van der Waals surface area contributed by atoms with E-state index in [-0.39, 0.29) is 11.4 Å². The molecule has 3 aromatic rings. The summed E-state index contributed by atoms with van der Waals surface area (Å²) in [6.45, 7) is 4.00. The van der Waals surface area contributed by atoms with Crippen LogP contribution in [0, 0.1) is 5.95 Å². The lowest BCUT2D eigenvalue weighted by molar-refractivity contribution is 0.103. The summed E-state index contributed by atoms with van der Waals surface area (Å²) >= 11 is 3.29. The molecule has 3 heterocycles. The summed E-state index contributed by atoms with van der Waals surface area (Å²) in [5.41, 5.74) is 6.14. The van der Waals surface area contributed by atoms with Crippen molar-refractivity contribution in [1.82, 2.24) is 15.0 Å². The summed E-state index contributed by atoms with van der Waals surface area (Å²) in [7, 11) is 0. The standard InChI is InChI=1S/C13H8BrFN4O.C4H8/c14-6-3-8-9(5-18-13(8)17-4-6)11(20)7-1-2-10(16)19-12(7)15;1-3-4-2/h1-5H,(H2,16,19)(H,17,18);3-4H,1-2H3/b;4-3-. The van der Waals surface area contributed by atoms with E-state index in [1.54, 1.807) is 12.3 Å². The third kappa shape index (κ3) is 3.86. The van der Waals surface area contributed by atoms with Crippen LogP contribution in [-0.2, 0) is 0 Å². The van der Waals surface area contributed by atoms with Crippen molar-refractivity contribution in [2.75, 3.05) is 5.73 Å². The van der Waals surface area contributed by atoms with Crippen LogP contribution in [0.2, 0.25) is 0 Å². The normalized spacial score (nSPS) is 10.7. The van der Waals surface area contributed by atoms with Crippen LogP contribution in [0.15, 0.2) is 47.2 Å². The number of nitrogens with zero attached hydrogens (tertiary/aromatic N) is 2. The average Bonchev–Trinajstić information content (AvgIpc) is 2.97. The molecule has 0 fully saturated rings. The first-order valence-corrected chi connectivity index (χ1v) is 7.93. The molecule has 0 aliphatic heterocycles. The van der Waals surface area contributed by atoms with Gasteiger partial charge in [0.05, 0.1) is 5.56 Å². The third-order valence-electron chi connectivity index (χ3n) is 3.19. The number of aromatic amines is 1. The van der Waals surface area contributed by atoms with Crippen LogP contribution in [0.3, 0.4) is 0 Å². The second kappa shape index (κ2) is 7.83. The maximum Gasteiger partial charge on any atom is 0.226 e. The van der Waals surface area contributed by atoms with E-state index < -0.39 is 11.7 Å². The Morgan fingerprint density at radius 3 is 2.62 bits per heavy atom. The number of nitrogens with one attached hydrogen (secondary N) is 1. The van der Waals surface area contributed by atoms with E-state index in [2.05, 4.69) is 30.9 Å². The van der Waals surface area contributed by atoms with Gasteiger partial charge in [-0.2, -0.15) is 4.39 Å². The number of ketones is 1. The Balaban J connectivity index is 0.000000471. The molecule has 0 atom stereocenters. The lowest BCUT2D eigenvalue weighted by Crippen LogP contribution is -2.06. The number of hydrogen-bond donors (Lipinski definition) is 2. The van der Waals surface area contributed by atoms with Crippen LogP contribution in [-0.4, -0.2) is 20.7 Å². The molecule has 3 aromatic heterocycles. The minimum Gasteiger partial charge on any atom is -0.384 e. The molecule has 3 rings (SSSR count). The number of carbonyl (C=O) groups excluding carboxylic acids is 1. The third-order valence-corrected chi connectivity index (χ3v) is 3.62. The van der Waals surface area contributed by atoms with Gasteiger partial charge in [0.2, 0.25) is 5.95 Å². The van der Waals surface area contributed by atoms with Crippen molar-refractivity contribution in [3.05, 3.63) is 64.3 Å². The van der Waals surface area contributed by atoms with Crippen molar-refractivity contribution in [1.29, 1.82) is 0 Å². The number of nitrogen functional groups attached to an aromatic ring is 1. The summed E-state index contributed by atoms with van der Waals surface area (Å²) in [6, 6.07) is 4.46. The van der Waals surface area contributed by atoms with Crippen molar-refractivity contribution in [3.63, 3.8) is 0 Å². The summed E-state index contributed by atoms with van der Waals surface area (Å²) in [6.07, 6.45) is 7.11. The van der Waals surface area contributed by atoms with Gasteiger partial charge < -0.3 is 10.7 Å². The molecule has 0 spiro atoms. The van der Waals surface area contributed by atoms with Gasteiger partial charge in [0.1, 0.15) is 11.5 Å². The molecule has 0 saturated carbocycles. The largest absolute Gasteiger partial charge is 0.384 e. The van der Waals surface area contributed by atoms with E-state index in [0.29, 0.717) is 16.6 Å². The maximum atomic E-state index is 13.7. The van der Waals surface area contributed by atoms with Crippen LogP contribution in [0.5, 0.6) is 0 Å². The fourth-order valence-electron chi connectivity index (χ4n) is 1.93. The van der Waals surface area contributed by atoms with E-state index in [1.807, 2.05) is 26.0 Å². The first-order chi connectivity index (χ1) is 11.5. The van der Waals surface area contributed by atoms with Gasteiger partial charge in [-0.15, -0.1) is 0 Å². The van der Waals surface area contributed by atoms with Gasteiger partial charge in [0.25, 0.3) is 0 Å². The molecular formula is C17H16BrFN4O. The zero-order valence-corrected chi connectivity index (χ0v) is 14.8. The molecule has 0 unspecified atom stereocenters. The van der Waals surface area contributed by atoms with Gasteiger partial charge >= 0.3 is 0 Å². The Kier molecular flexibility index (Phi) is 5.81. The van der Waals surface area contributed by atoms with Crippen molar-refractivity contribution < 1.29 is 9.18 Å². The number of allylic oxidation sites excluding steroid dienone is 2. The van der Waals surface area contributed by atoms with Gasteiger partial charge in [-0.25, -0.2) is 9.97 Å². The Hall–Kier alpha value is -2.54. The average molecular weight is 391 g/mol. The number of carbonyl (C=O) groups is 1. The molecule has 0 aliphatic rings. The monoisotopic (exact) mass is 390 g/mol. The molecule has 0 radical (unpaired) electrons. The van der Waals surface area contributed by atoms with Crippen molar-refractivity contribution in [2.45, 2.75) is 13.8 Å². The highest BCUT2D eigenvalue weighted by atomic mass is 79.9. The van der Waals surface area contributed by atoms with Crippen molar-refractivity contribution in [3.8, 4) is 0 Å². The van der Waals surface area contributed by atoms with E-state index in [9.17, 15) is 9.18 Å². The minimum absolute atomic E-state index is 0.0300. The Bertz CT molecular complexity index is 901. The molecule has 0 aliphatic carbocycles. The Morgan fingerprint density at radius 2 is 2.00 bits per heavy atom. The molecular weight excluding hydrogens is 375 g/mol. The predicted octanol–water partition coefficient (Wildman–Crippen LogP) is 4.26. The van der Waals surface area contributed by atoms with E-state index >= 15 is 0 Å². The van der Waals surface area contributed by atoms with Crippen LogP contribution < -0.4 is 5.73 Å². The van der Waals surface area contributed by atoms with Crippen molar-refractivity contribution in [2.24, 2.45) is 0 Å². The molecule has 0 amide bonds. The van der Waals surface area contributed by atoms with Gasteiger partial charge in [0, 0.05) is 27.8 Å². The summed E-state index contributed by atoms with van der Waals surface area (Å²) in [5, 5.41) is 0.612. The van der Waals surface area contributed by atoms with Crippen LogP contribution >= 0.6 is 15.9 Å². The lowest BCUT2D eigenvalue weighted by atomic mass is 10.0. The number of anilines is 1. The second-order valence-electron chi connectivity index (χ2n) is 4.82. The number of hydrogen-bond acceptors (Lipinski definition) is 4. The second-order valence-corrected chi connectivity index (χ2v) is 5.74. The number of pyridine rings is 2. The Labute approximate surface area is 146 Å². The summed E-state index contributed by atoms with van der Waals surface area (Å²) in [5.74, 6) is -1.32. The van der Waals surface area contributed by atoms with Gasteiger partial charge in [0.15, 0.2) is 5.78 Å².